The first-order valence-electron chi connectivity index (χ1n) is 7.14. The lowest BCUT2D eigenvalue weighted by molar-refractivity contribution is 0.0550. The standard InChI is InChI=1S/C19H19N2O2/c1-2-4-15-8-11-17(21)13-18(15)19(22)23-12-3-5-14-6-9-16(20)10-7-14/h2-11,13H,1,12,20-21H2/b4-2+,5-3+. The molecule has 0 aliphatic rings. The Kier molecular flexibility index (Phi) is 5.58. The molecule has 0 saturated heterocycles. The molecule has 117 valence electrons. The zero-order valence-corrected chi connectivity index (χ0v) is 12.7. The number of ether oxygens (including phenoxy) is 1. The van der Waals surface area contributed by atoms with Crippen molar-refractivity contribution < 1.29 is 9.53 Å². The first-order valence-corrected chi connectivity index (χ1v) is 7.14. The normalized spacial score (nSPS) is 11.2. The molecule has 0 spiro atoms. The van der Waals surface area contributed by atoms with Gasteiger partial charge in [0.15, 0.2) is 0 Å². The van der Waals surface area contributed by atoms with Crippen LogP contribution in [0.2, 0.25) is 0 Å². The predicted molar refractivity (Wildman–Crippen MR) is 95.4 cm³/mol. The summed E-state index contributed by atoms with van der Waals surface area (Å²) in [6.45, 7) is 3.81. The molecule has 0 aromatic heterocycles. The van der Waals surface area contributed by atoms with Crippen LogP contribution >= 0.6 is 0 Å². The number of hydrogen-bond acceptors (Lipinski definition) is 4. The van der Waals surface area contributed by atoms with Gasteiger partial charge in [-0.3, -0.25) is 0 Å². The van der Waals surface area contributed by atoms with Gasteiger partial charge < -0.3 is 16.2 Å². The average molecular weight is 307 g/mol. The number of carbonyl (C=O) groups excluding carboxylic acids is 1. The quantitative estimate of drug-likeness (QED) is 0.654. The van der Waals surface area contributed by atoms with Crippen molar-refractivity contribution in [3.8, 4) is 0 Å². The highest BCUT2D eigenvalue weighted by atomic mass is 16.5. The van der Waals surface area contributed by atoms with E-state index in [2.05, 4.69) is 6.92 Å². The first-order chi connectivity index (χ1) is 11.1. The van der Waals surface area contributed by atoms with Crippen molar-refractivity contribution in [2.75, 3.05) is 18.1 Å². The maximum Gasteiger partial charge on any atom is 0.339 e. The molecule has 4 nitrogen and oxygen atoms in total. The molecule has 0 bridgehead atoms. The van der Waals surface area contributed by atoms with Crippen LogP contribution < -0.4 is 11.5 Å². The molecule has 2 aromatic carbocycles. The minimum Gasteiger partial charge on any atom is -0.458 e. The highest BCUT2D eigenvalue weighted by molar-refractivity contribution is 5.94. The fraction of sp³-hybridized carbons (Fsp3) is 0.0526. The second kappa shape index (κ2) is 7.84. The van der Waals surface area contributed by atoms with Crippen LogP contribution in [0.4, 0.5) is 11.4 Å². The topological polar surface area (TPSA) is 78.3 Å². The van der Waals surface area contributed by atoms with Crippen molar-refractivity contribution >= 4 is 29.5 Å². The van der Waals surface area contributed by atoms with Crippen LogP contribution in [0, 0.1) is 6.92 Å². The minimum atomic E-state index is -0.424. The van der Waals surface area contributed by atoms with Crippen LogP contribution in [0.25, 0.3) is 12.2 Å². The molecular formula is C19H19N2O2. The molecule has 0 aliphatic carbocycles. The maximum absolute atomic E-state index is 12.2. The Balaban J connectivity index is 1.99. The van der Waals surface area contributed by atoms with E-state index in [4.69, 9.17) is 16.2 Å². The van der Waals surface area contributed by atoms with Crippen molar-refractivity contribution in [2.45, 2.75) is 0 Å². The van der Waals surface area contributed by atoms with E-state index in [1.54, 1.807) is 36.4 Å². The molecule has 1 radical (unpaired) electrons. The summed E-state index contributed by atoms with van der Waals surface area (Å²) in [5.41, 5.74) is 14.7. The van der Waals surface area contributed by atoms with E-state index in [0.717, 1.165) is 11.1 Å². The summed E-state index contributed by atoms with van der Waals surface area (Å²) in [5, 5.41) is 0. The molecule has 0 fully saturated rings. The van der Waals surface area contributed by atoms with Gasteiger partial charge in [-0.25, -0.2) is 4.79 Å². The lowest BCUT2D eigenvalue weighted by atomic mass is 10.1. The Morgan fingerprint density at radius 1 is 1.04 bits per heavy atom. The monoisotopic (exact) mass is 307 g/mol. The molecule has 23 heavy (non-hydrogen) atoms. The van der Waals surface area contributed by atoms with E-state index < -0.39 is 5.97 Å². The summed E-state index contributed by atoms with van der Waals surface area (Å²) >= 11 is 0. The van der Waals surface area contributed by atoms with Gasteiger partial charge in [-0.1, -0.05) is 36.4 Å². The zero-order chi connectivity index (χ0) is 16.7. The Labute approximate surface area is 136 Å². The second-order valence-electron chi connectivity index (χ2n) is 4.92. The summed E-state index contributed by atoms with van der Waals surface area (Å²) in [6.07, 6.45) is 6.99. The van der Waals surface area contributed by atoms with Gasteiger partial charge in [0, 0.05) is 11.4 Å². The molecule has 2 rings (SSSR count). The number of carbonyl (C=O) groups is 1. The molecule has 4 N–H and O–H groups in total. The van der Waals surface area contributed by atoms with Gasteiger partial charge >= 0.3 is 5.97 Å². The van der Waals surface area contributed by atoms with Gasteiger partial charge in [0.05, 0.1) is 5.56 Å². The van der Waals surface area contributed by atoms with Gasteiger partial charge in [0.1, 0.15) is 6.61 Å². The molecule has 0 atom stereocenters. The Morgan fingerprint density at radius 3 is 2.43 bits per heavy atom. The summed E-state index contributed by atoms with van der Waals surface area (Å²) in [4.78, 5) is 12.2. The van der Waals surface area contributed by atoms with Crippen LogP contribution in [0.15, 0.2) is 54.6 Å². The molecule has 0 saturated carbocycles. The number of rotatable bonds is 5. The third-order valence-electron chi connectivity index (χ3n) is 3.15. The molecule has 0 unspecified atom stereocenters. The first kappa shape index (κ1) is 16.4. The van der Waals surface area contributed by atoms with Crippen LogP contribution in [-0.2, 0) is 4.74 Å². The third kappa shape index (κ3) is 4.74. The number of hydrogen-bond donors (Lipinski definition) is 2. The van der Waals surface area contributed by atoms with Gasteiger partial charge in [-0.2, -0.15) is 0 Å². The van der Waals surface area contributed by atoms with Crippen molar-refractivity contribution in [1.29, 1.82) is 0 Å². The number of benzene rings is 2. The van der Waals surface area contributed by atoms with E-state index in [-0.39, 0.29) is 6.61 Å². The van der Waals surface area contributed by atoms with Crippen LogP contribution in [0.5, 0.6) is 0 Å². The number of nitrogens with two attached hydrogens (primary N) is 2. The highest BCUT2D eigenvalue weighted by Crippen LogP contribution is 2.16. The van der Waals surface area contributed by atoms with E-state index in [1.165, 1.54) is 0 Å². The predicted octanol–water partition coefficient (Wildman–Crippen LogP) is 3.57. The SMILES string of the molecule is [CH2]/C=C/c1ccc(N)cc1C(=O)OC/C=C/c1ccc(N)cc1. The molecular weight excluding hydrogens is 288 g/mol. The summed E-state index contributed by atoms with van der Waals surface area (Å²) in [7, 11) is 0. The second-order valence-corrected chi connectivity index (χ2v) is 4.92. The summed E-state index contributed by atoms with van der Waals surface area (Å²) in [5.74, 6) is -0.424. The summed E-state index contributed by atoms with van der Waals surface area (Å²) in [6, 6.07) is 12.5. The number of allylic oxidation sites excluding steroid dienone is 1. The number of nitrogen functional groups attached to an aromatic ring is 2. The van der Waals surface area contributed by atoms with Gasteiger partial charge in [-0.15, -0.1) is 0 Å². The minimum absolute atomic E-state index is 0.172. The zero-order valence-electron chi connectivity index (χ0n) is 12.7. The Morgan fingerprint density at radius 2 is 1.74 bits per heavy atom. The van der Waals surface area contributed by atoms with E-state index in [1.807, 2.05) is 30.3 Å². The van der Waals surface area contributed by atoms with Crippen LogP contribution in [0.3, 0.4) is 0 Å². The average Bonchev–Trinajstić information content (AvgIpc) is 2.55. The van der Waals surface area contributed by atoms with Crippen molar-refractivity contribution in [3.63, 3.8) is 0 Å². The Bertz CT molecular complexity index is 732. The fourth-order valence-corrected chi connectivity index (χ4v) is 2.02. The largest absolute Gasteiger partial charge is 0.458 e. The van der Waals surface area contributed by atoms with Crippen molar-refractivity contribution in [1.82, 2.24) is 0 Å². The molecule has 2 aromatic rings. The molecule has 0 heterocycles. The van der Waals surface area contributed by atoms with Crippen molar-refractivity contribution in [2.24, 2.45) is 0 Å². The summed E-state index contributed by atoms with van der Waals surface area (Å²) < 4.78 is 5.26. The fourth-order valence-electron chi connectivity index (χ4n) is 2.02. The van der Waals surface area contributed by atoms with Crippen LogP contribution in [-0.4, -0.2) is 12.6 Å². The molecule has 0 aliphatic heterocycles. The Hall–Kier alpha value is -3.01. The lowest BCUT2D eigenvalue weighted by Crippen LogP contribution is -2.07. The highest BCUT2D eigenvalue weighted by Gasteiger charge is 2.11. The van der Waals surface area contributed by atoms with Gasteiger partial charge in [0.2, 0.25) is 0 Å². The lowest BCUT2D eigenvalue weighted by Gasteiger charge is -2.07. The number of esters is 1. The van der Waals surface area contributed by atoms with E-state index in [0.29, 0.717) is 16.9 Å². The molecule has 0 amide bonds. The smallest absolute Gasteiger partial charge is 0.339 e. The van der Waals surface area contributed by atoms with Gasteiger partial charge in [-0.05, 0) is 48.4 Å². The van der Waals surface area contributed by atoms with Crippen molar-refractivity contribution in [3.05, 3.63) is 78.2 Å². The molecule has 4 heteroatoms. The maximum atomic E-state index is 12.2. The number of anilines is 2. The van der Waals surface area contributed by atoms with E-state index in [9.17, 15) is 4.79 Å². The third-order valence-corrected chi connectivity index (χ3v) is 3.15. The van der Waals surface area contributed by atoms with Gasteiger partial charge in [0.25, 0.3) is 0 Å². The van der Waals surface area contributed by atoms with E-state index >= 15 is 0 Å². The van der Waals surface area contributed by atoms with Crippen LogP contribution in [0.1, 0.15) is 21.5 Å².